The van der Waals surface area contributed by atoms with Gasteiger partial charge in [-0.3, -0.25) is 0 Å². The van der Waals surface area contributed by atoms with E-state index in [-0.39, 0.29) is 0 Å². The van der Waals surface area contributed by atoms with Crippen molar-refractivity contribution in [1.82, 2.24) is 4.90 Å². The van der Waals surface area contributed by atoms with E-state index in [0.717, 1.165) is 19.6 Å². The van der Waals surface area contributed by atoms with Gasteiger partial charge in [-0.2, -0.15) is 0 Å². The van der Waals surface area contributed by atoms with Gasteiger partial charge in [-0.25, -0.2) is 0 Å². The van der Waals surface area contributed by atoms with Gasteiger partial charge in [0.05, 0.1) is 0 Å². The monoisotopic (exact) mass is 170 g/mol. The molecule has 0 aromatic carbocycles. The minimum atomic E-state index is 0.653. The zero-order valence-electron chi connectivity index (χ0n) is 8.42. The average molecular weight is 170 g/mol. The standard InChI is InChI=1S/C10H22N2/c1-4-6-10(8-11)9-12(3)7-5-2/h5,10H,2,4,6-9,11H2,1,3H3. The molecule has 0 amide bonds. The lowest BCUT2D eigenvalue weighted by Gasteiger charge is -2.21. The van der Waals surface area contributed by atoms with Gasteiger partial charge >= 0.3 is 0 Å². The summed E-state index contributed by atoms with van der Waals surface area (Å²) in [6.07, 6.45) is 4.39. The molecule has 2 nitrogen and oxygen atoms in total. The van der Waals surface area contributed by atoms with E-state index in [1.54, 1.807) is 0 Å². The molecule has 1 atom stereocenters. The first-order chi connectivity index (χ1) is 5.74. The van der Waals surface area contributed by atoms with Crippen molar-refractivity contribution in [1.29, 1.82) is 0 Å². The second kappa shape index (κ2) is 7.32. The van der Waals surface area contributed by atoms with Crippen LogP contribution >= 0.6 is 0 Å². The van der Waals surface area contributed by atoms with Crippen LogP contribution in [0.1, 0.15) is 19.8 Å². The Morgan fingerprint density at radius 3 is 2.67 bits per heavy atom. The van der Waals surface area contributed by atoms with Crippen molar-refractivity contribution in [3.63, 3.8) is 0 Å². The molecule has 72 valence electrons. The summed E-state index contributed by atoms with van der Waals surface area (Å²) in [7, 11) is 2.11. The van der Waals surface area contributed by atoms with E-state index < -0.39 is 0 Å². The first-order valence-electron chi connectivity index (χ1n) is 4.74. The normalized spacial score (nSPS) is 13.3. The maximum Gasteiger partial charge on any atom is 0.0157 e. The van der Waals surface area contributed by atoms with Crippen LogP contribution in [0.15, 0.2) is 12.7 Å². The topological polar surface area (TPSA) is 29.3 Å². The third-order valence-electron chi connectivity index (χ3n) is 2.04. The number of nitrogens with two attached hydrogens (primary N) is 1. The maximum atomic E-state index is 5.65. The van der Waals surface area contributed by atoms with Crippen molar-refractivity contribution in [3.05, 3.63) is 12.7 Å². The van der Waals surface area contributed by atoms with Crippen molar-refractivity contribution >= 4 is 0 Å². The molecule has 0 aliphatic carbocycles. The Balaban J connectivity index is 3.60. The molecule has 2 N–H and O–H groups in total. The molecule has 0 heterocycles. The highest BCUT2D eigenvalue weighted by Crippen LogP contribution is 2.05. The van der Waals surface area contributed by atoms with Crippen LogP contribution in [-0.2, 0) is 0 Å². The van der Waals surface area contributed by atoms with E-state index >= 15 is 0 Å². The van der Waals surface area contributed by atoms with E-state index in [4.69, 9.17) is 5.73 Å². The Labute approximate surface area is 76.4 Å². The zero-order chi connectivity index (χ0) is 9.40. The van der Waals surface area contributed by atoms with Crippen LogP contribution < -0.4 is 5.73 Å². The minimum absolute atomic E-state index is 0.653. The summed E-state index contributed by atoms with van der Waals surface area (Å²) in [5.74, 6) is 0.653. The number of hydrogen-bond acceptors (Lipinski definition) is 2. The zero-order valence-corrected chi connectivity index (χ0v) is 8.42. The molecular formula is C10H22N2. The molecule has 0 saturated heterocycles. The van der Waals surface area contributed by atoms with Gasteiger partial charge in [0.25, 0.3) is 0 Å². The van der Waals surface area contributed by atoms with Crippen molar-refractivity contribution < 1.29 is 0 Å². The fourth-order valence-corrected chi connectivity index (χ4v) is 1.43. The second-order valence-corrected chi connectivity index (χ2v) is 3.40. The molecule has 0 spiro atoms. The Morgan fingerprint density at radius 2 is 2.25 bits per heavy atom. The molecule has 12 heavy (non-hydrogen) atoms. The predicted octanol–water partition coefficient (Wildman–Crippen LogP) is 1.48. The van der Waals surface area contributed by atoms with Crippen molar-refractivity contribution in [2.45, 2.75) is 19.8 Å². The Kier molecular flexibility index (Phi) is 7.11. The van der Waals surface area contributed by atoms with Crippen LogP contribution in [0, 0.1) is 5.92 Å². The third-order valence-corrected chi connectivity index (χ3v) is 2.04. The van der Waals surface area contributed by atoms with Crippen LogP contribution in [0.4, 0.5) is 0 Å². The molecule has 0 aromatic rings. The summed E-state index contributed by atoms with van der Waals surface area (Å²) in [5, 5.41) is 0. The summed E-state index contributed by atoms with van der Waals surface area (Å²) < 4.78 is 0. The number of likely N-dealkylation sites (N-methyl/N-ethyl adjacent to an activating group) is 1. The lowest BCUT2D eigenvalue weighted by Crippen LogP contribution is -2.30. The Bertz CT molecular complexity index is 112. The van der Waals surface area contributed by atoms with Gasteiger partial charge in [0.2, 0.25) is 0 Å². The summed E-state index contributed by atoms with van der Waals surface area (Å²) in [6, 6.07) is 0. The van der Waals surface area contributed by atoms with Crippen molar-refractivity contribution in [2.75, 3.05) is 26.7 Å². The number of rotatable bonds is 7. The van der Waals surface area contributed by atoms with Gasteiger partial charge in [0, 0.05) is 13.1 Å². The van der Waals surface area contributed by atoms with Crippen LogP contribution in [0.3, 0.4) is 0 Å². The molecule has 1 unspecified atom stereocenters. The van der Waals surface area contributed by atoms with Gasteiger partial charge in [-0.15, -0.1) is 6.58 Å². The van der Waals surface area contributed by atoms with E-state index in [9.17, 15) is 0 Å². The molecule has 0 aromatic heterocycles. The lowest BCUT2D eigenvalue weighted by molar-refractivity contribution is 0.292. The second-order valence-electron chi connectivity index (χ2n) is 3.40. The first kappa shape index (κ1) is 11.7. The predicted molar refractivity (Wildman–Crippen MR) is 55.1 cm³/mol. The van der Waals surface area contributed by atoms with Crippen LogP contribution in [0.25, 0.3) is 0 Å². The SMILES string of the molecule is C=CCN(C)CC(CN)CCC. The number of hydrogen-bond donors (Lipinski definition) is 1. The molecule has 0 aliphatic rings. The van der Waals surface area contributed by atoms with Gasteiger partial charge in [-0.05, 0) is 25.9 Å². The highest BCUT2D eigenvalue weighted by atomic mass is 15.1. The van der Waals surface area contributed by atoms with Gasteiger partial charge < -0.3 is 10.6 Å². The highest BCUT2D eigenvalue weighted by molar-refractivity contribution is 4.73. The first-order valence-corrected chi connectivity index (χ1v) is 4.74. The van der Waals surface area contributed by atoms with Crippen LogP contribution in [0.5, 0.6) is 0 Å². The third kappa shape index (κ3) is 5.33. The molecule has 0 radical (unpaired) electrons. The molecule has 0 aliphatic heterocycles. The molecule has 2 heteroatoms. The Hall–Kier alpha value is -0.340. The summed E-state index contributed by atoms with van der Waals surface area (Å²) >= 11 is 0. The van der Waals surface area contributed by atoms with E-state index in [0.29, 0.717) is 5.92 Å². The average Bonchev–Trinajstić information content (AvgIpc) is 2.04. The molecular weight excluding hydrogens is 148 g/mol. The molecule has 0 bridgehead atoms. The minimum Gasteiger partial charge on any atom is -0.330 e. The maximum absolute atomic E-state index is 5.65. The summed E-state index contributed by atoms with van der Waals surface area (Å²) in [5.41, 5.74) is 5.65. The highest BCUT2D eigenvalue weighted by Gasteiger charge is 2.07. The summed E-state index contributed by atoms with van der Waals surface area (Å²) in [4.78, 5) is 2.26. The van der Waals surface area contributed by atoms with E-state index in [1.807, 2.05) is 6.08 Å². The Morgan fingerprint density at radius 1 is 1.58 bits per heavy atom. The fraction of sp³-hybridized carbons (Fsp3) is 0.800. The summed E-state index contributed by atoms with van der Waals surface area (Å²) in [6.45, 7) is 8.76. The van der Waals surface area contributed by atoms with Gasteiger partial charge in [-0.1, -0.05) is 19.4 Å². The number of nitrogens with zero attached hydrogens (tertiary/aromatic N) is 1. The smallest absolute Gasteiger partial charge is 0.0157 e. The van der Waals surface area contributed by atoms with Crippen LogP contribution in [0.2, 0.25) is 0 Å². The van der Waals surface area contributed by atoms with Gasteiger partial charge in [0.15, 0.2) is 0 Å². The quantitative estimate of drug-likeness (QED) is 0.586. The van der Waals surface area contributed by atoms with Crippen LogP contribution in [-0.4, -0.2) is 31.6 Å². The molecule has 0 fully saturated rings. The molecule has 0 rings (SSSR count). The van der Waals surface area contributed by atoms with E-state index in [1.165, 1.54) is 12.8 Å². The fourth-order valence-electron chi connectivity index (χ4n) is 1.43. The molecule has 0 saturated carbocycles. The largest absolute Gasteiger partial charge is 0.330 e. The van der Waals surface area contributed by atoms with Gasteiger partial charge in [0.1, 0.15) is 0 Å². The lowest BCUT2D eigenvalue weighted by atomic mass is 10.0. The van der Waals surface area contributed by atoms with E-state index in [2.05, 4.69) is 25.5 Å². The van der Waals surface area contributed by atoms with Crippen molar-refractivity contribution in [2.24, 2.45) is 11.7 Å². The van der Waals surface area contributed by atoms with Crippen molar-refractivity contribution in [3.8, 4) is 0 Å².